The first kappa shape index (κ1) is 40.9. The maximum absolute atomic E-state index is 7.04. The molecule has 0 spiro atoms. The molecule has 0 saturated carbocycles. The average Bonchev–Trinajstić information content (AvgIpc) is 4.06. The number of fused-ring (bicyclic) bond motifs is 13. The molecule has 2 heterocycles. The number of hydrogen-bond acceptors (Lipinski definition) is 2. The second kappa shape index (κ2) is 15.9. The number of para-hydroxylation sites is 2. The van der Waals surface area contributed by atoms with Gasteiger partial charge in [-0.15, -0.1) is 0 Å². The third-order valence-corrected chi connectivity index (χ3v) is 15.8. The Kier molecular flexibility index (Phi) is 8.78. The maximum atomic E-state index is 7.04. The van der Waals surface area contributed by atoms with Crippen molar-refractivity contribution in [2.75, 3.05) is 0 Å². The van der Waals surface area contributed by atoms with E-state index in [-0.39, 0.29) is 0 Å². The monoisotopic (exact) mass is 938 g/mol. The van der Waals surface area contributed by atoms with Crippen LogP contribution in [0.1, 0.15) is 0 Å². The van der Waals surface area contributed by atoms with Crippen LogP contribution < -0.4 is 0 Å². The summed E-state index contributed by atoms with van der Waals surface area (Å²) in [7, 11) is 0. The Morgan fingerprint density at radius 3 is 1.00 bits per heavy atom. The van der Waals surface area contributed by atoms with Crippen molar-refractivity contribution in [3.05, 3.63) is 255 Å². The van der Waals surface area contributed by atoms with Crippen LogP contribution in [-0.4, -0.2) is 0 Å². The summed E-state index contributed by atoms with van der Waals surface area (Å²) in [6.45, 7) is 0. The second-order valence-corrected chi connectivity index (χ2v) is 19.8. The quantitative estimate of drug-likeness (QED) is 0.161. The van der Waals surface area contributed by atoms with Crippen molar-refractivity contribution in [1.82, 2.24) is 0 Å². The molecule has 0 atom stereocenters. The van der Waals surface area contributed by atoms with E-state index in [1.807, 2.05) is 6.07 Å². The molecule has 0 aliphatic rings. The molecule has 0 saturated heterocycles. The molecule has 0 aliphatic heterocycles. The van der Waals surface area contributed by atoms with Gasteiger partial charge < -0.3 is 8.83 Å². The number of benzene rings is 14. The summed E-state index contributed by atoms with van der Waals surface area (Å²) >= 11 is 0. The summed E-state index contributed by atoms with van der Waals surface area (Å²) < 4.78 is 13.8. The summed E-state index contributed by atoms with van der Waals surface area (Å²) in [5.74, 6) is 0. The van der Waals surface area contributed by atoms with Crippen molar-refractivity contribution in [2.45, 2.75) is 0 Å². The fraction of sp³-hybridized carbons (Fsp3) is 0. The molecule has 0 radical (unpaired) electrons. The lowest BCUT2D eigenvalue weighted by molar-refractivity contribution is 0.663. The first-order valence-electron chi connectivity index (χ1n) is 25.5. The molecule has 0 bridgehead atoms. The molecular weight excluding hydrogens is 897 g/mol. The summed E-state index contributed by atoms with van der Waals surface area (Å²) in [5.41, 5.74) is 14.9. The molecular formula is C72H42O2. The van der Waals surface area contributed by atoms with Gasteiger partial charge >= 0.3 is 0 Å². The van der Waals surface area contributed by atoms with E-state index >= 15 is 0 Å². The maximum Gasteiger partial charge on any atom is 0.147 e. The van der Waals surface area contributed by atoms with E-state index < -0.39 is 0 Å². The Morgan fingerprint density at radius 1 is 0.203 bits per heavy atom. The lowest BCUT2D eigenvalue weighted by Gasteiger charge is -2.21. The van der Waals surface area contributed by atoms with Crippen LogP contribution in [0.3, 0.4) is 0 Å². The van der Waals surface area contributed by atoms with Crippen LogP contribution in [0.4, 0.5) is 0 Å². The fourth-order valence-electron chi connectivity index (χ4n) is 12.5. The molecule has 2 aromatic heterocycles. The Morgan fingerprint density at radius 2 is 0.541 bits per heavy atom. The van der Waals surface area contributed by atoms with E-state index in [9.17, 15) is 0 Å². The highest BCUT2D eigenvalue weighted by Crippen LogP contribution is 2.51. The SMILES string of the molecule is c1ccc2cc(-c3c4ccccc4c(-c4cc(-c5c6ccccc6c(-c6ccc7ccccc7c6)c6ccccc56)cc(-c5cc6c7ccccc7oc6c6c5oc5ccccc56)c4)c4ccccc34)ccc2c1. The molecule has 2 heteroatoms. The predicted octanol–water partition coefficient (Wildman–Crippen LogP) is 20.7. The molecule has 16 aromatic rings. The van der Waals surface area contributed by atoms with Gasteiger partial charge in [-0.2, -0.15) is 0 Å². The second-order valence-electron chi connectivity index (χ2n) is 19.8. The van der Waals surface area contributed by atoms with Gasteiger partial charge in [-0.1, -0.05) is 206 Å². The Balaban J connectivity index is 1.05. The van der Waals surface area contributed by atoms with Gasteiger partial charge in [0.2, 0.25) is 0 Å². The van der Waals surface area contributed by atoms with Crippen molar-refractivity contribution in [3.8, 4) is 55.6 Å². The van der Waals surface area contributed by atoms with Gasteiger partial charge in [0.1, 0.15) is 22.3 Å². The summed E-state index contributed by atoms with van der Waals surface area (Å²) in [5, 5.41) is 18.7. The van der Waals surface area contributed by atoms with Crippen molar-refractivity contribution < 1.29 is 8.83 Å². The number of furan rings is 2. The molecule has 0 N–H and O–H groups in total. The fourth-order valence-corrected chi connectivity index (χ4v) is 12.5. The Labute approximate surface area is 425 Å². The minimum Gasteiger partial charge on any atom is -0.455 e. The van der Waals surface area contributed by atoms with E-state index in [0.29, 0.717) is 0 Å². The van der Waals surface area contributed by atoms with Crippen molar-refractivity contribution >= 4 is 109 Å². The van der Waals surface area contributed by atoms with Crippen LogP contribution in [-0.2, 0) is 0 Å². The third-order valence-electron chi connectivity index (χ3n) is 15.8. The normalized spacial score (nSPS) is 12.1. The summed E-state index contributed by atoms with van der Waals surface area (Å²) in [6.07, 6.45) is 0. The van der Waals surface area contributed by atoms with Crippen LogP contribution in [0, 0.1) is 0 Å². The van der Waals surface area contributed by atoms with Gasteiger partial charge in [-0.05, 0) is 163 Å². The van der Waals surface area contributed by atoms with E-state index in [0.717, 1.165) is 66.1 Å². The van der Waals surface area contributed by atoms with E-state index in [4.69, 9.17) is 8.83 Å². The highest BCUT2D eigenvalue weighted by molar-refractivity contribution is 6.27. The van der Waals surface area contributed by atoms with Gasteiger partial charge in [-0.25, -0.2) is 0 Å². The van der Waals surface area contributed by atoms with Crippen LogP contribution in [0.2, 0.25) is 0 Å². The van der Waals surface area contributed by atoms with Gasteiger partial charge in [0.25, 0.3) is 0 Å². The van der Waals surface area contributed by atoms with E-state index in [2.05, 4.69) is 249 Å². The van der Waals surface area contributed by atoms with Gasteiger partial charge in [-0.3, -0.25) is 0 Å². The minimum atomic E-state index is 0.809. The van der Waals surface area contributed by atoms with Crippen LogP contribution in [0.15, 0.2) is 264 Å². The predicted molar refractivity (Wildman–Crippen MR) is 313 cm³/mol. The first-order valence-corrected chi connectivity index (χ1v) is 25.5. The molecule has 14 aromatic carbocycles. The molecule has 16 rings (SSSR count). The zero-order valence-electron chi connectivity index (χ0n) is 40.1. The van der Waals surface area contributed by atoms with Gasteiger partial charge in [0.05, 0.1) is 5.39 Å². The lowest BCUT2D eigenvalue weighted by atomic mass is 9.82. The smallest absolute Gasteiger partial charge is 0.147 e. The molecule has 2 nitrogen and oxygen atoms in total. The average molecular weight is 939 g/mol. The van der Waals surface area contributed by atoms with Gasteiger partial charge in [0, 0.05) is 21.7 Å². The minimum absolute atomic E-state index is 0.809. The molecule has 74 heavy (non-hydrogen) atoms. The molecule has 0 unspecified atom stereocenters. The largest absolute Gasteiger partial charge is 0.455 e. The Bertz CT molecular complexity index is 4690. The highest BCUT2D eigenvalue weighted by Gasteiger charge is 2.25. The standard InChI is InChI=1S/C72H42O2/c1-3-19-45-37-47(35-33-43(45)17-1)66-53-22-5-9-26-57(53)68(58-27-10-6-23-54(58)66)50-39-49(62-42-63-52-21-13-15-31-64(52)73-72(63)70-61-30-14-16-32-65(61)74-71(62)70)40-51(41-50)69-59-28-11-7-24-55(59)67(56-25-8-12-29-60(56)69)48-36-34-44-18-2-4-20-46(44)38-48/h1-42H. The number of hydrogen-bond donors (Lipinski definition) is 0. The molecule has 342 valence electrons. The van der Waals surface area contributed by atoms with Gasteiger partial charge in [0.15, 0.2) is 0 Å². The summed E-state index contributed by atoms with van der Waals surface area (Å²) in [4.78, 5) is 0. The lowest BCUT2D eigenvalue weighted by Crippen LogP contribution is -1.94. The van der Waals surface area contributed by atoms with E-state index in [1.54, 1.807) is 0 Å². The van der Waals surface area contributed by atoms with Crippen LogP contribution in [0.5, 0.6) is 0 Å². The van der Waals surface area contributed by atoms with Crippen LogP contribution >= 0.6 is 0 Å². The topological polar surface area (TPSA) is 26.3 Å². The third kappa shape index (κ3) is 6.06. The molecule has 0 fully saturated rings. The number of rotatable bonds is 5. The molecule has 0 aliphatic carbocycles. The Hall–Kier alpha value is -9.76. The summed E-state index contributed by atoms with van der Waals surface area (Å²) in [6, 6.07) is 93.5. The zero-order chi connectivity index (χ0) is 48.4. The highest BCUT2D eigenvalue weighted by atomic mass is 16.3. The zero-order valence-corrected chi connectivity index (χ0v) is 40.1. The molecule has 0 amide bonds. The van der Waals surface area contributed by atoms with Crippen LogP contribution in [0.25, 0.3) is 164 Å². The van der Waals surface area contributed by atoms with E-state index in [1.165, 1.54) is 98.0 Å². The van der Waals surface area contributed by atoms with Crippen molar-refractivity contribution in [1.29, 1.82) is 0 Å². The van der Waals surface area contributed by atoms with Crippen molar-refractivity contribution in [3.63, 3.8) is 0 Å². The van der Waals surface area contributed by atoms with Crippen molar-refractivity contribution in [2.24, 2.45) is 0 Å². The first-order chi connectivity index (χ1) is 36.7.